The van der Waals surface area contributed by atoms with Crippen molar-refractivity contribution >= 4 is 18.2 Å². The average molecular weight is 501 g/mol. The van der Waals surface area contributed by atoms with Crippen molar-refractivity contribution in [1.29, 1.82) is 0 Å². The Morgan fingerprint density at radius 2 is 1.94 bits per heavy atom. The van der Waals surface area contributed by atoms with Crippen molar-refractivity contribution in [1.82, 2.24) is 10.2 Å². The van der Waals surface area contributed by atoms with E-state index in [1.54, 1.807) is 20.8 Å². The van der Waals surface area contributed by atoms with Crippen LogP contribution in [0.1, 0.15) is 61.1 Å². The highest BCUT2D eigenvalue weighted by Crippen LogP contribution is 2.45. The number of likely N-dealkylation sites (tertiary alicyclic amines) is 1. The molecule has 2 aliphatic rings. The van der Waals surface area contributed by atoms with Crippen molar-refractivity contribution < 1.29 is 38.1 Å². The van der Waals surface area contributed by atoms with Crippen LogP contribution in [0.2, 0.25) is 0 Å². The highest BCUT2D eigenvalue weighted by molar-refractivity contribution is 5.88. The molecule has 0 saturated carbocycles. The predicted octanol–water partition coefficient (Wildman–Crippen LogP) is 4.65. The number of ether oxygens (including phenoxy) is 3. The number of aromatic carboxylic acids is 1. The quantitative estimate of drug-likeness (QED) is 0.628. The summed E-state index contributed by atoms with van der Waals surface area (Å²) < 4.78 is 31.6. The second-order valence-electron chi connectivity index (χ2n) is 10.1. The van der Waals surface area contributed by atoms with E-state index in [2.05, 4.69) is 5.32 Å². The van der Waals surface area contributed by atoms with Crippen LogP contribution in [0.15, 0.2) is 42.5 Å². The zero-order valence-electron chi connectivity index (χ0n) is 20.4. The van der Waals surface area contributed by atoms with Crippen LogP contribution < -0.4 is 10.1 Å². The SMILES string of the molecule is CC(C)(C)OC(=O)N1CCC2(CC(NC(=O)OCc3ccccc3)c3cc(F)c(C(=O)O)cc3O2)C1. The second kappa shape index (κ2) is 9.67. The monoisotopic (exact) mass is 500 g/mol. The van der Waals surface area contributed by atoms with E-state index in [1.165, 1.54) is 4.90 Å². The summed E-state index contributed by atoms with van der Waals surface area (Å²) in [5.41, 5.74) is -1.03. The van der Waals surface area contributed by atoms with E-state index in [4.69, 9.17) is 14.2 Å². The van der Waals surface area contributed by atoms with Gasteiger partial charge in [0.2, 0.25) is 0 Å². The van der Waals surface area contributed by atoms with Gasteiger partial charge in [-0.05, 0) is 38.5 Å². The van der Waals surface area contributed by atoms with Gasteiger partial charge < -0.3 is 29.5 Å². The van der Waals surface area contributed by atoms with Crippen molar-refractivity contribution in [3.8, 4) is 5.75 Å². The van der Waals surface area contributed by atoms with Gasteiger partial charge in [0.05, 0.1) is 18.2 Å². The van der Waals surface area contributed by atoms with Gasteiger partial charge in [-0.2, -0.15) is 0 Å². The van der Waals surface area contributed by atoms with Crippen LogP contribution >= 0.6 is 0 Å². The third-order valence-corrected chi connectivity index (χ3v) is 6.08. The number of rotatable bonds is 4. The topological polar surface area (TPSA) is 114 Å². The van der Waals surface area contributed by atoms with E-state index in [9.17, 15) is 23.9 Å². The highest BCUT2D eigenvalue weighted by atomic mass is 19.1. The Morgan fingerprint density at radius 3 is 2.61 bits per heavy atom. The van der Waals surface area contributed by atoms with Crippen LogP contribution in [0.4, 0.5) is 14.0 Å². The van der Waals surface area contributed by atoms with Crippen molar-refractivity contribution in [3.05, 3.63) is 65.0 Å². The first-order valence-electron chi connectivity index (χ1n) is 11.7. The maximum Gasteiger partial charge on any atom is 0.410 e. The molecule has 4 rings (SSSR count). The normalized spacial score (nSPS) is 20.9. The zero-order valence-corrected chi connectivity index (χ0v) is 20.4. The smallest absolute Gasteiger partial charge is 0.410 e. The Kier molecular flexibility index (Phi) is 6.79. The summed E-state index contributed by atoms with van der Waals surface area (Å²) >= 11 is 0. The van der Waals surface area contributed by atoms with Crippen molar-refractivity contribution in [2.24, 2.45) is 0 Å². The van der Waals surface area contributed by atoms with E-state index in [-0.39, 0.29) is 25.3 Å². The van der Waals surface area contributed by atoms with Gasteiger partial charge in [-0.25, -0.2) is 18.8 Å². The first-order valence-corrected chi connectivity index (χ1v) is 11.7. The number of carboxylic acid groups (broad SMARTS) is 1. The molecule has 0 aromatic heterocycles. The molecule has 1 spiro atoms. The lowest BCUT2D eigenvalue weighted by molar-refractivity contribution is 0.0123. The predicted molar refractivity (Wildman–Crippen MR) is 126 cm³/mol. The van der Waals surface area contributed by atoms with Crippen LogP contribution in [0.3, 0.4) is 0 Å². The minimum absolute atomic E-state index is 0.0482. The molecule has 10 heteroatoms. The summed E-state index contributed by atoms with van der Waals surface area (Å²) in [6.45, 7) is 5.88. The molecule has 36 heavy (non-hydrogen) atoms. The number of amides is 2. The number of nitrogens with zero attached hydrogens (tertiary/aromatic N) is 1. The summed E-state index contributed by atoms with van der Waals surface area (Å²) in [5.74, 6) is -2.24. The minimum atomic E-state index is -1.44. The van der Waals surface area contributed by atoms with Gasteiger partial charge >= 0.3 is 18.2 Å². The Balaban J connectivity index is 1.56. The van der Waals surface area contributed by atoms with Gasteiger partial charge in [0.1, 0.15) is 29.4 Å². The molecule has 9 nitrogen and oxygen atoms in total. The van der Waals surface area contributed by atoms with Crippen LogP contribution in [-0.4, -0.2) is 52.5 Å². The summed E-state index contributed by atoms with van der Waals surface area (Å²) in [4.78, 5) is 38.3. The van der Waals surface area contributed by atoms with Crippen molar-refractivity contribution in [2.45, 2.75) is 57.5 Å². The molecule has 2 aliphatic heterocycles. The lowest BCUT2D eigenvalue weighted by atomic mass is 9.86. The van der Waals surface area contributed by atoms with Crippen molar-refractivity contribution in [3.63, 3.8) is 0 Å². The molecule has 1 saturated heterocycles. The van der Waals surface area contributed by atoms with Gasteiger partial charge in [0.25, 0.3) is 0 Å². The van der Waals surface area contributed by atoms with Crippen molar-refractivity contribution in [2.75, 3.05) is 13.1 Å². The van der Waals surface area contributed by atoms with Gasteiger partial charge in [-0.1, -0.05) is 30.3 Å². The molecule has 0 bridgehead atoms. The second-order valence-corrected chi connectivity index (χ2v) is 10.1. The number of carboxylic acids is 1. The molecule has 2 amide bonds. The molecule has 1 fully saturated rings. The molecule has 2 aromatic rings. The number of carbonyl (C=O) groups is 3. The minimum Gasteiger partial charge on any atom is -0.485 e. The number of alkyl carbamates (subject to hydrolysis) is 1. The fourth-order valence-electron chi connectivity index (χ4n) is 4.46. The Hall–Kier alpha value is -3.82. The Labute approximate surface area is 208 Å². The van der Waals surface area contributed by atoms with E-state index < -0.39 is 46.8 Å². The third kappa shape index (κ3) is 5.69. The maximum absolute atomic E-state index is 14.6. The fraction of sp³-hybridized carbons (Fsp3) is 0.423. The molecule has 0 aliphatic carbocycles. The standard InChI is InChI=1S/C26H29FN2O7/c1-25(2,3)36-24(33)29-10-9-26(15-29)13-20(28-23(32)34-14-16-7-5-4-6-8-16)18-11-19(27)17(22(30)31)12-21(18)35-26/h4-8,11-12,20H,9-10,13-15H2,1-3H3,(H,28,32)(H,30,31). The number of fused-ring (bicyclic) bond motifs is 1. The van der Waals surface area contributed by atoms with E-state index in [1.807, 2.05) is 30.3 Å². The Bertz CT molecular complexity index is 1160. The van der Waals surface area contributed by atoms with Crippen LogP contribution in [-0.2, 0) is 16.1 Å². The number of benzene rings is 2. The molecule has 2 heterocycles. The largest absolute Gasteiger partial charge is 0.485 e. The van der Waals surface area contributed by atoms with Gasteiger partial charge in [-0.3, -0.25) is 0 Å². The fourth-order valence-corrected chi connectivity index (χ4v) is 4.46. The van der Waals surface area contributed by atoms with E-state index in [0.717, 1.165) is 17.7 Å². The lowest BCUT2D eigenvalue weighted by Gasteiger charge is -2.40. The lowest BCUT2D eigenvalue weighted by Crippen LogP contribution is -2.48. The van der Waals surface area contributed by atoms with Gasteiger partial charge in [0.15, 0.2) is 0 Å². The number of hydrogen-bond acceptors (Lipinski definition) is 6. The molecule has 2 N–H and O–H groups in total. The van der Waals surface area contributed by atoms with Crippen LogP contribution in [0, 0.1) is 5.82 Å². The first kappa shape index (κ1) is 25.3. The molecule has 0 radical (unpaired) electrons. The summed E-state index contributed by atoms with van der Waals surface area (Å²) in [7, 11) is 0. The zero-order chi connectivity index (χ0) is 26.1. The number of hydrogen-bond donors (Lipinski definition) is 2. The van der Waals surface area contributed by atoms with Gasteiger partial charge in [-0.15, -0.1) is 0 Å². The molecule has 2 aromatic carbocycles. The first-order chi connectivity index (χ1) is 16.9. The molecule has 192 valence electrons. The van der Waals surface area contributed by atoms with E-state index >= 15 is 0 Å². The summed E-state index contributed by atoms with van der Waals surface area (Å²) in [5, 5.41) is 12.1. The highest BCUT2D eigenvalue weighted by Gasteiger charge is 2.48. The summed E-state index contributed by atoms with van der Waals surface area (Å²) in [6, 6.07) is 10.6. The number of carbonyl (C=O) groups excluding carboxylic acids is 2. The van der Waals surface area contributed by atoms with Crippen LogP contribution in [0.5, 0.6) is 5.75 Å². The third-order valence-electron chi connectivity index (χ3n) is 6.08. The van der Waals surface area contributed by atoms with Crippen LogP contribution in [0.25, 0.3) is 0 Å². The van der Waals surface area contributed by atoms with E-state index in [0.29, 0.717) is 18.5 Å². The van der Waals surface area contributed by atoms with Gasteiger partial charge in [0, 0.05) is 24.9 Å². The number of nitrogens with one attached hydrogen (secondary N) is 1. The summed E-state index contributed by atoms with van der Waals surface area (Å²) in [6.07, 6.45) is -0.559. The molecular formula is C26H29FN2O7. The molecule has 2 unspecified atom stereocenters. The molecular weight excluding hydrogens is 471 g/mol. The Morgan fingerprint density at radius 1 is 1.22 bits per heavy atom. The number of halogens is 1. The maximum atomic E-state index is 14.6. The average Bonchev–Trinajstić information content (AvgIpc) is 3.20. The molecule has 2 atom stereocenters.